The maximum Gasteiger partial charge on any atom is 0.255 e. The summed E-state index contributed by atoms with van der Waals surface area (Å²) in [5.41, 5.74) is 2.88. The van der Waals surface area contributed by atoms with Gasteiger partial charge in [-0.3, -0.25) is 4.79 Å². The van der Waals surface area contributed by atoms with E-state index < -0.39 is 0 Å². The minimum Gasteiger partial charge on any atom is -0.457 e. The molecule has 1 atom stereocenters. The summed E-state index contributed by atoms with van der Waals surface area (Å²) < 4.78 is 5.97. The van der Waals surface area contributed by atoms with Crippen molar-refractivity contribution in [1.29, 1.82) is 0 Å². The summed E-state index contributed by atoms with van der Waals surface area (Å²) in [7, 11) is 0. The second-order valence-corrected chi connectivity index (χ2v) is 7.71. The second-order valence-electron chi connectivity index (χ2n) is 6.52. The molecule has 1 unspecified atom stereocenters. The van der Waals surface area contributed by atoms with Crippen LogP contribution in [0.1, 0.15) is 26.9 Å². The first kappa shape index (κ1) is 17.7. The van der Waals surface area contributed by atoms with Crippen LogP contribution in [0.5, 0.6) is 11.5 Å². The Balaban J connectivity index is 1.58. The maximum atomic E-state index is 13.1. The van der Waals surface area contributed by atoms with Gasteiger partial charge in [-0.15, -0.1) is 11.8 Å². The summed E-state index contributed by atoms with van der Waals surface area (Å²) in [6.45, 7) is 2.74. The molecule has 1 amide bonds. The molecule has 3 aromatic rings. The van der Waals surface area contributed by atoms with Crippen LogP contribution in [0.4, 0.5) is 0 Å². The Bertz CT molecular complexity index is 942. The number of carbonyl (C=O) groups excluding carboxylic acids is 1. The monoisotopic (exact) mass is 375 g/mol. The van der Waals surface area contributed by atoms with Gasteiger partial charge in [-0.05, 0) is 48.4 Å². The van der Waals surface area contributed by atoms with E-state index in [1.165, 1.54) is 0 Å². The highest BCUT2D eigenvalue weighted by molar-refractivity contribution is 7.99. The number of aryl methyl sites for hydroxylation is 1. The van der Waals surface area contributed by atoms with Crippen LogP contribution in [0.25, 0.3) is 0 Å². The van der Waals surface area contributed by atoms with Crippen LogP contribution >= 0.6 is 11.8 Å². The normalized spacial score (nSPS) is 16.3. The SMILES string of the molecule is Cc1ccccc1C(=O)N1CCSC1c1cccc(Oc2ccccc2)c1. The lowest BCUT2D eigenvalue weighted by atomic mass is 10.1. The topological polar surface area (TPSA) is 29.5 Å². The molecule has 0 radical (unpaired) electrons. The lowest BCUT2D eigenvalue weighted by Crippen LogP contribution is -2.30. The summed E-state index contributed by atoms with van der Waals surface area (Å²) in [6, 6.07) is 25.6. The van der Waals surface area contributed by atoms with Crippen molar-refractivity contribution in [3.05, 3.63) is 95.6 Å². The van der Waals surface area contributed by atoms with Crippen LogP contribution in [0.3, 0.4) is 0 Å². The van der Waals surface area contributed by atoms with Crippen molar-refractivity contribution in [1.82, 2.24) is 4.90 Å². The maximum absolute atomic E-state index is 13.1. The van der Waals surface area contributed by atoms with E-state index in [1.807, 2.05) is 84.6 Å². The number of benzene rings is 3. The molecule has 3 nitrogen and oxygen atoms in total. The zero-order valence-electron chi connectivity index (χ0n) is 15.2. The molecule has 136 valence electrons. The number of rotatable bonds is 4. The molecule has 1 aliphatic rings. The average Bonchev–Trinajstić information content (AvgIpc) is 3.19. The number of nitrogens with zero attached hydrogens (tertiary/aromatic N) is 1. The fourth-order valence-electron chi connectivity index (χ4n) is 3.28. The first-order valence-corrected chi connectivity index (χ1v) is 10.1. The van der Waals surface area contributed by atoms with Gasteiger partial charge in [0.05, 0.1) is 0 Å². The summed E-state index contributed by atoms with van der Waals surface area (Å²) in [4.78, 5) is 15.1. The van der Waals surface area contributed by atoms with Crippen molar-refractivity contribution in [2.24, 2.45) is 0 Å². The molecule has 3 aromatic carbocycles. The Labute approximate surface area is 164 Å². The van der Waals surface area contributed by atoms with Crippen molar-refractivity contribution in [3.8, 4) is 11.5 Å². The molecule has 0 aromatic heterocycles. The molecule has 0 saturated carbocycles. The largest absolute Gasteiger partial charge is 0.457 e. The van der Waals surface area contributed by atoms with Crippen LogP contribution in [0.15, 0.2) is 78.9 Å². The lowest BCUT2D eigenvalue weighted by molar-refractivity contribution is 0.0759. The number of hydrogen-bond donors (Lipinski definition) is 0. The first-order chi connectivity index (χ1) is 13.2. The zero-order valence-corrected chi connectivity index (χ0v) is 16.0. The molecular formula is C23H21NO2S. The fourth-order valence-corrected chi connectivity index (χ4v) is 4.52. The molecule has 0 spiro atoms. The predicted octanol–water partition coefficient (Wildman–Crippen LogP) is 5.68. The minimum atomic E-state index is 0.0106. The molecule has 0 aliphatic carbocycles. The third-order valence-corrected chi connectivity index (χ3v) is 5.91. The van der Waals surface area contributed by atoms with Gasteiger partial charge in [-0.25, -0.2) is 0 Å². The highest BCUT2D eigenvalue weighted by atomic mass is 32.2. The molecule has 1 saturated heterocycles. The fraction of sp³-hybridized carbons (Fsp3) is 0.174. The zero-order chi connectivity index (χ0) is 18.6. The molecule has 0 N–H and O–H groups in total. The van der Waals surface area contributed by atoms with Crippen LogP contribution < -0.4 is 4.74 Å². The van der Waals surface area contributed by atoms with Crippen LogP contribution in [-0.4, -0.2) is 23.1 Å². The molecule has 1 aliphatic heterocycles. The van der Waals surface area contributed by atoms with Crippen molar-refractivity contribution >= 4 is 17.7 Å². The molecule has 1 fully saturated rings. The standard InChI is InChI=1S/C23H21NO2S/c1-17-8-5-6-13-21(17)22(25)24-14-15-27-23(24)18-9-7-12-20(16-18)26-19-10-3-2-4-11-19/h2-13,16,23H,14-15H2,1H3. The van der Waals surface area contributed by atoms with Gasteiger partial charge in [0, 0.05) is 17.9 Å². The van der Waals surface area contributed by atoms with E-state index in [-0.39, 0.29) is 11.3 Å². The van der Waals surface area contributed by atoms with Crippen molar-refractivity contribution in [2.45, 2.75) is 12.3 Å². The van der Waals surface area contributed by atoms with Crippen molar-refractivity contribution in [2.75, 3.05) is 12.3 Å². The van der Waals surface area contributed by atoms with E-state index in [9.17, 15) is 4.79 Å². The third kappa shape index (κ3) is 3.86. The van der Waals surface area contributed by atoms with E-state index in [0.717, 1.165) is 40.5 Å². The number of para-hydroxylation sites is 1. The number of amides is 1. The van der Waals surface area contributed by atoms with Gasteiger partial charge in [0.2, 0.25) is 0 Å². The van der Waals surface area contributed by atoms with Gasteiger partial charge in [0.1, 0.15) is 16.9 Å². The van der Waals surface area contributed by atoms with Gasteiger partial charge in [0.25, 0.3) is 5.91 Å². The smallest absolute Gasteiger partial charge is 0.255 e. The summed E-state index contributed by atoms with van der Waals surface area (Å²) in [5, 5.41) is 0.0106. The number of hydrogen-bond acceptors (Lipinski definition) is 3. The average molecular weight is 375 g/mol. The molecule has 0 bridgehead atoms. The van der Waals surface area contributed by atoms with Gasteiger partial charge < -0.3 is 9.64 Å². The van der Waals surface area contributed by atoms with E-state index in [2.05, 4.69) is 6.07 Å². The van der Waals surface area contributed by atoms with Gasteiger partial charge in [-0.1, -0.05) is 48.5 Å². The Hall–Kier alpha value is -2.72. The van der Waals surface area contributed by atoms with Gasteiger partial charge in [0.15, 0.2) is 0 Å². The van der Waals surface area contributed by atoms with Crippen LogP contribution in [0, 0.1) is 6.92 Å². The Morgan fingerprint density at radius 2 is 1.70 bits per heavy atom. The summed E-state index contributed by atoms with van der Waals surface area (Å²) in [6.07, 6.45) is 0. The number of thioether (sulfide) groups is 1. The molecule has 27 heavy (non-hydrogen) atoms. The Morgan fingerprint density at radius 3 is 2.52 bits per heavy atom. The highest BCUT2D eigenvalue weighted by Crippen LogP contribution is 2.40. The third-order valence-electron chi connectivity index (χ3n) is 4.65. The Kier molecular flexibility index (Phi) is 5.16. The van der Waals surface area contributed by atoms with Gasteiger partial charge in [-0.2, -0.15) is 0 Å². The number of carbonyl (C=O) groups is 1. The highest BCUT2D eigenvalue weighted by Gasteiger charge is 2.32. The molecule has 1 heterocycles. The molecule has 4 heteroatoms. The summed E-state index contributed by atoms with van der Waals surface area (Å²) >= 11 is 1.80. The minimum absolute atomic E-state index is 0.0106. The van der Waals surface area contributed by atoms with Gasteiger partial charge >= 0.3 is 0 Å². The summed E-state index contributed by atoms with van der Waals surface area (Å²) in [5.74, 6) is 2.63. The molecule has 4 rings (SSSR count). The second kappa shape index (κ2) is 7.89. The van der Waals surface area contributed by atoms with Crippen LogP contribution in [-0.2, 0) is 0 Å². The quantitative estimate of drug-likeness (QED) is 0.588. The van der Waals surface area contributed by atoms with Crippen molar-refractivity contribution in [3.63, 3.8) is 0 Å². The van der Waals surface area contributed by atoms with Crippen molar-refractivity contribution < 1.29 is 9.53 Å². The Morgan fingerprint density at radius 1 is 0.963 bits per heavy atom. The predicted molar refractivity (Wildman–Crippen MR) is 110 cm³/mol. The van der Waals surface area contributed by atoms with E-state index in [1.54, 1.807) is 11.8 Å². The van der Waals surface area contributed by atoms with E-state index in [4.69, 9.17) is 4.74 Å². The molecular weight excluding hydrogens is 354 g/mol. The van der Waals surface area contributed by atoms with E-state index >= 15 is 0 Å². The lowest BCUT2D eigenvalue weighted by Gasteiger charge is -2.25. The first-order valence-electron chi connectivity index (χ1n) is 9.03. The van der Waals surface area contributed by atoms with Crippen LogP contribution in [0.2, 0.25) is 0 Å². The number of ether oxygens (including phenoxy) is 1. The van der Waals surface area contributed by atoms with E-state index in [0.29, 0.717) is 0 Å².